The molecule has 5 nitrogen and oxygen atoms in total. The summed E-state index contributed by atoms with van der Waals surface area (Å²) in [5.74, 6) is 0.737. The van der Waals surface area contributed by atoms with Crippen molar-refractivity contribution in [1.82, 2.24) is 9.13 Å². The minimum atomic E-state index is -0.376. The number of rotatable bonds is 5. The van der Waals surface area contributed by atoms with Crippen molar-refractivity contribution in [3.63, 3.8) is 0 Å². The second-order valence-electron chi connectivity index (χ2n) is 5.87. The van der Waals surface area contributed by atoms with E-state index in [9.17, 15) is 9.59 Å². The Labute approximate surface area is 155 Å². The van der Waals surface area contributed by atoms with Gasteiger partial charge in [-0.25, -0.2) is 4.79 Å². The van der Waals surface area contributed by atoms with E-state index in [0.717, 1.165) is 16.9 Å². The summed E-state index contributed by atoms with van der Waals surface area (Å²) in [5, 5.41) is 0.653. The molecular formula is C20H19ClN2O3. The fraction of sp³-hybridized carbons (Fsp3) is 0.200. The molecule has 134 valence electrons. The van der Waals surface area contributed by atoms with Crippen LogP contribution in [-0.2, 0) is 13.1 Å². The molecule has 0 aliphatic heterocycles. The van der Waals surface area contributed by atoms with Gasteiger partial charge in [0.25, 0.3) is 5.56 Å². The Kier molecular flexibility index (Phi) is 5.00. The van der Waals surface area contributed by atoms with Crippen LogP contribution in [-0.4, -0.2) is 16.2 Å². The molecule has 0 saturated carbocycles. The van der Waals surface area contributed by atoms with Crippen molar-refractivity contribution >= 4 is 28.6 Å². The van der Waals surface area contributed by atoms with Gasteiger partial charge in [-0.3, -0.25) is 13.9 Å². The number of aromatic nitrogens is 2. The summed E-state index contributed by atoms with van der Waals surface area (Å²) in [6.45, 7) is 6.10. The van der Waals surface area contributed by atoms with Gasteiger partial charge in [0.1, 0.15) is 5.75 Å². The molecule has 0 spiro atoms. The highest BCUT2D eigenvalue weighted by molar-refractivity contribution is 6.35. The number of methoxy groups -OCH3 is 1. The van der Waals surface area contributed by atoms with E-state index in [1.165, 1.54) is 4.57 Å². The Morgan fingerprint density at radius 3 is 2.42 bits per heavy atom. The van der Waals surface area contributed by atoms with Crippen LogP contribution in [0.1, 0.15) is 18.1 Å². The van der Waals surface area contributed by atoms with E-state index in [1.807, 2.05) is 24.3 Å². The van der Waals surface area contributed by atoms with Gasteiger partial charge in [-0.1, -0.05) is 36.4 Å². The average Bonchev–Trinajstić information content (AvgIpc) is 2.65. The van der Waals surface area contributed by atoms with E-state index in [0.29, 0.717) is 22.5 Å². The van der Waals surface area contributed by atoms with Gasteiger partial charge in [-0.2, -0.15) is 0 Å². The normalized spacial score (nSPS) is 10.9. The van der Waals surface area contributed by atoms with E-state index in [4.69, 9.17) is 16.3 Å². The number of halogens is 1. The maximum Gasteiger partial charge on any atom is 0.331 e. The fourth-order valence-corrected chi connectivity index (χ4v) is 3.27. The van der Waals surface area contributed by atoms with E-state index in [2.05, 4.69) is 6.58 Å². The summed E-state index contributed by atoms with van der Waals surface area (Å²) in [5.41, 5.74) is 1.43. The second kappa shape index (κ2) is 7.22. The molecule has 0 aliphatic carbocycles. The van der Waals surface area contributed by atoms with Gasteiger partial charge >= 0.3 is 5.69 Å². The monoisotopic (exact) mass is 370 g/mol. The minimum absolute atomic E-state index is 0.274. The first-order valence-electron chi connectivity index (χ1n) is 8.22. The molecule has 0 bridgehead atoms. The topological polar surface area (TPSA) is 53.2 Å². The summed E-state index contributed by atoms with van der Waals surface area (Å²) in [4.78, 5) is 25.6. The van der Waals surface area contributed by atoms with Crippen molar-refractivity contribution in [3.8, 4) is 5.75 Å². The predicted molar refractivity (Wildman–Crippen MR) is 105 cm³/mol. The molecule has 3 aromatic rings. The maximum absolute atomic E-state index is 12.9. The van der Waals surface area contributed by atoms with Gasteiger partial charge in [-0.15, -0.1) is 0 Å². The summed E-state index contributed by atoms with van der Waals surface area (Å²) in [7, 11) is 1.60. The molecule has 0 N–H and O–H groups in total. The third-order valence-corrected chi connectivity index (χ3v) is 4.65. The molecule has 0 amide bonds. The number of nitrogens with zero attached hydrogens (tertiary/aromatic N) is 2. The van der Waals surface area contributed by atoms with Crippen molar-refractivity contribution in [2.75, 3.05) is 7.11 Å². The first-order chi connectivity index (χ1) is 12.5. The van der Waals surface area contributed by atoms with Gasteiger partial charge in [0.05, 0.1) is 29.6 Å². The highest BCUT2D eigenvalue weighted by atomic mass is 35.5. The Balaban J connectivity index is 2.31. The van der Waals surface area contributed by atoms with Crippen LogP contribution in [0.3, 0.4) is 0 Å². The van der Waals surface area contributed by atoms with Crippen molar-refractivity contribution in [1.29, 1.82) is 0 Å². The van der Waals surface area contributed by atoms with Crippen molar-refractivity contribution < 1.29 is 4.74 Å². The summed E-state index contributed by atoms with van der Waals surface area (Å²) in [6.07, 6.45) is 1.64. The van der Waals surface area contributed by atoms with E-state index >= 15 is 0 Å². The van der Waals surface area contributed by atoms with Crippen LogP contribution in [0.25, 0.3) is 17.0 Å². The highest BCUT2D eigenvalue weighted by Crippen LogP contribution is 2.23. The lowest BCUT2D eigenvalue weighted by Crippen LogP contribution is -2.40. The fourth-order valence-electron chi connectivity index (χ4n) is 2.97. The molecule has 3 rings (SSSR count). The third-order valence-electron chi connectivity index (χ3n) is 4.36. The molecule has 0 radical (unpaired) electrons. The molecule has 6 heteroatoms. The van der Waals surface area contributed by atoms with Gasteiger partial charge < -0.3 is 4.74 Å². The minimum Gasteiger partial charge on any atom is -0.497 e. The number of fused-ring (bicyclic) bond motifs is 1. The molecule has 0 saturated heterocycles. The summed E-state index contributed by atoms with van der Waals surface area (Å²) < 4.78 is 7.94. The molecule has 0 atom stereocenters. The highest BCUT2D eigenvalue weighted by Gasteiger charge is 2.16. The molecular weight excluding hydrogens is 352 g/mol. The molecule has 0 fully saturated rings. The lowest BCUT2D eigenvalue weighted by atomic mass is 10.1. The lowest BCUT2D eigenvalue weighted by Gasteiger charge is -2.15. The van der Waals surface area contributed by atoms with Crippen molar-refractivity contribution in [3.05, 3.63) is 80.0 Å². The van der Waals surface area contributed by atoms with Gasteiger partial charge in [0.2, 0.25) is 0 Å². The third kappa shape index (κ3) is 3.06. The van der Waals surface area contributed by atoms with E-state index in [-0.39, 0.29) is 17.8 Å². The summed E-state index contributed by atoms with van der Waals surface area (Å²) >= 11 is 6.35. The first kappa shape index (κ1) is 18.0. The molecule has 0 aliphatic rings. The Hall–Kier alpha value is -2.79. The number of hydrogen-bond acceptors (Lipinski definition) is 3. The average molecular weight is 371 g/mol. The van der Waals surface area contributed by atoms with Gasteiger partial charge in [0.15, 0.2) is 0 Å². The standard InChI is InChI=1S/C20H19ClN2O3/c1-4-13-10-16(21)18-17(11-13)23(20(25)22(5-2)19(18)24)12-14-6-8-15(26-3)9-7-14/h4,6-11H,1,5,12H2,2-3H3. The Bertz CT molecular complexity index is 1100. The van der Waals surface area contributed by atoms with Crippen molar-refractivity contribution in [2.45, 2.75) is 20.0 Å². The van der Waals surface area contributed by atoms with Crippen LogP contribution in [0.15, 0.2) is 52.6 Å². The second-order valence-corrected chi connectivity index (χ2v) is 6.27. The first-order valence-corrected chi connectivity index (χ1v) is 8.60. The predicted octanol–water partition coefficient (Wildman–Crippen LogP) is 3.54. The molecule has 0 unspecified atom stereocenters. The molecule has 1 aromatic heterocycles. The SMILES string of the molecule is C=Cc1cc(Cl)c2c(=O)n(CC)c(=O)n(Cc3ccc(OC)cc3)c2c1. The van der Waals surface area contributed by atoms with Crippen LogP contribution < -0.4 is 16.0 Å². The number of hydrogen-bond donors (Lipinski definition) is 0. The van der Waals surface area contributed by atoms with Gasteiger partial charge in [0, 0.05) is 6.54 Å². The number of benzene rings is 2. The maximum atomic E-state index is 12.9. The quantitative estimate of drug-likeness (QED) is 0.690. The Morgan fingerprint density at radius 2 is 1.85 bits per heavy atom. The van der Waals surface area contributed by atoms with Crippen LogP contribution in [0.5, 0.6) is 5.75 Å². The largest absolute Gasteiger partial charge is 0.497 e. The van der Waals surface area contributed by atoms with E-state index in [1.54, 1.807) is 36.8 Å². The van der Waals surface area contributed by atoms with Crippen molar-refractivity contribution in [2.24, 2.45) is 0 Å². The molecule has 26 heavy (non-hydrogen) atoms. The molecule has 2 aromatic carbocycles. The van der Waals surface area contributed by atoms with Crippen LogP contribution in [0, 0.1) is 0 Å². The zero-order chi connectivity index (χ0) is 18.8. The van der Waals surface area contributed by atoms with Crippen LogP contribution in [0.4, 0.5) is 0 Å². The van der Waals surface area contributed by atoms with E-state index < -0.39 is 0 Å². The van der Waals surface area contributed by atoms with Gasteiger partial charge in [-0.05, 0) is 42.3 Å². The summed E-state index contributed by atoms with van der Waals surface area (Å²) in [6, 6.07) is 10.9. The number of ether oxygens (including phenoxy) is 1. The Morgan fingerprint density at radius 1 is 1.15 bits per heavy atom. The zero-order valence-corrected chi connectivity index (χ0v) is 15.4. The van der Waals surface area contributed by atoms with Crippen LogP contribution in [0.2, 0.25) is 5.02 Å². The zero-order valence-electron chi connectivity index (χ0n) is 14.7. The smallest absolute Gasteiger partial charge is 0.331 e. The molecule has 1 heterocycles. The lowest BCUT2D eigenvalue weighted by molar-refractivity contribution is 0.414. The van der Waals surface area contributed by atoms with Crippen LogP contribution >= 0.6 is 11.6 Å².